The van der Waals surface area contributed by atoms with Gasteiger partial charge in [0.2, 0.25) is 0 Å². The van der Waals surface area contributed by atoms with Crippen molar-refractivity contribution in [2.75, 3.05) is 13.7 Å². The molecule has 1 amide bonds. The summed E-state index contributed by atoms with van der Waals surface area (Å²) in [6, 6.07) is 3.69. The highest BCUT2D eigenvalue weighted by Gasteiger charge is 2.10. The summed E-state index contributed by atoms with van der Waals surface area (Å²) in [6.07, 6.45) is 7.37. The minimum Gasteiger partial charge on any atom is -0.472 e. The van der Waals surface area contributed by atoms with Gasteiger partial charge in [0.1, 0.15) is 0 Å². The van der Waals surface area contributed by atoms with Crippen LogP contribution < -0.4 is 0 Å². The number of ether oxygens (including phenoxy) is 2. The van der Waals surface area contributed by atoms with Crippen molar-refractivity contribution in [3.05, 3.63) is 24.5 Å². The van der Waals surface area contributed by atoms with Crippen molar-refractivity contribution in [1.82, 2.24) is 4.98 Å². The van der Waals surface area contributed by atoms with Gasteiger partial charge in [-0.25, -0.2) is 4.79 Å². The Hall–Kier alpha value is -1.56. The third-order valence-electron chi connectivity index (χ3n) is 3.53. The zero-order valence-electron chi connectivity index (χ0n) is 15.0. The smallest absolute Gasteiger partial charge is 0.437 e. The van der Waals surface area contributed by atoms with Crippen molar-refractivity contribution >= 4 is 23.1 Å². The molecule has 1 aromatic rings. The largest absolute Gasteiger partial charge is 0.472 e. The van der Waals surface area contributed by atoms with Gasteiger partial charge < -0.3 is 9.47 Å². The second-order valence-corrected chi connectivity index (χ2v) is 7.22. The third kappa shape index (κ3) is 9.55. The minimum absolute atomic E-state index is 0.308. The standard InChI is InChI=1S/C18H28N2O3S/c1-14(2)6-5-7-15(3)10-13-23-18(20-17(21)22-4)24-16-8-11-19-12-9-16/h8-9,11-12,14-15H,5-7,10,13H2,1-4H3. The number of carbonyl (C=O) groups is 1. The highest BCUT2D eigenvalue weighted by atomic mass is 32.2. The van der Waals surface area contributed by atoms with Crippen molar-refractivity contribution < 1.29 is 14.3 Å². The van der Waals surface area contributed by atoms with Gasteiger partial charge in [0, 0.05) is 17.3 Å². The molecule has 24 heavy (non-hydrogen) atoms. The maximum absolute atomic E-state index is 11.4. The van der Waals surface area contributed by atoms with Crippen LogP contribution in [0.3, 0.4) is 0 Å². The Morgan fingerprint density at radius 2 is 1.92 bits per heavy atom. The normalized spacial score (nSPS) is 13.0. The van der Waals surface area contributed by atoms with E-state index in [1.807, 2.05) is 12.1 Å². The number of methoxy groups -OCH3 is 1. The Morgan fingerprint density at radius 3 is 2.54 bits per heavy atom. The number of aromatic nitrogens is 1. The quantitative estimate of drug-likeness (QED) is 0.367. The lowest BCUT2D eigenvalue weighted by Crippen LogP contribution is -2.09. The first kappa shape index (κ1) is 20.5. The number of rotatable bonds is 8. The lowest BCUT2D eigenvalue weighted by molar-refractivity contribution is 0.181. The molecule has 6 heteroatoms. The van der Waals surface area contributed by atoms with Gasteiger partial charge in [0.05, 0.1) is 13.7 Å². The number of hydrogen-bond acceptors (Lipinski definition) is 5. The maximum atomic E-state index is 11.4. The van der Waals surface area contributed by atoms with Gasteiger partial charge >= 0.3 is 6.09 Å². The maximum Gasteiger partial charge on any atom is 0.437 e. The Morgan fingerprint density at radius 1 is 1.21 bits per heavy atom. The molecule has 0 aromatic carbocycles. The Bertz CT molecular complexity index is 506. The fourth-order valence-corrected chi connectivity index (χ4v) is 2.80. The van der Waals surface area contributed by atoms with Crippen LogP contribution in [-0.2, 0) is 9.47 Å². The Kier molecular flexibility index (Phi) is 10.2. The molecule has 0 aliphatic carbocycles. The van der Waals surface area contributed by atoms with E-state index in [-0.39, 0.29) is 0 Å². The Balaban J connectivity index is 2.45. The second kappa shape index (κ2) is 11.9. The fraction of sp³-hybridized carbons (Fsp3) is 0.611. The number of amides is 1. The van der Waals surface area contributed by atoms with E-state index in [1.165, 1.54) is 38.1 Å². The summed E-state index contributed by atoms with van der Waals surface area (Å²) >= 11 is 1.29. The average molecular weight is 352 g/mol. The molecular weight excluding hydrogens is 324 g/mol. The topological polar surface area (TPSA) is 60.8 Å². The van der Waals surface area contributed by atoms with Gasteiger partial charge in [-0.05, 0) is 42.2 Å². The van der Waals surface area contributed by atoms with Crippen molar-refractivity contribution in [2.45, 2.75) is 51.3 Å². The number of pyridine rings is 1. The van der Waals surface area contributed by atoms with Crippen LogP contribution in [0.15, 0.2) is 34.4 Å². The summed E-state index contributed by atoms with van der Waals surface area (Å²) in [6.45, 7) is 7.27. The number of thioether (sulfide) groups is 1. The van der Waals surface area contributed by atoms with E-state index in [1.54, 1.807) is 12.4 Å². The van der Waals surface area contributed by atoms with Gasteiger partial charge in [-0.2, -0.15) is 0 Å². The molecule has 5 nitrogen and oxygen atoms in total. The van der Waals surface area contributed by atoms with Crippen LogP contribution in [0.2, 0.25) is 0 Å². The van der Waals surface area contributed by atoms with Crippen molar-refractivity contribution in [3.8, 4) is 0 Å². The van der Waals surface area contributed by atoms with Gasteiger partial charge in [-0.1, -0.05) is 40.0 Å². The lowest BCUT2D eigenvalue weighted by Gasteiger charge is -2.13. The number of carbonyl (C=O) groups excluding carboxylic acids is 1. The van der Waals surface area contributed by atoms with Crippen LogP contribution in [0.1, 0.15) is 46.5 Å². The van der Waals surface area contributed by atoms with E-state index in [9.17, 15) is 4.79 Å². The monoisotopic (exact) mass is 352 g/mol. The predicted octanol–water partition coefficient (Wildman–Crippen LogP) is 5.17. The summed E-state index contributed by atoms with van der Waals surface area (Å²) in [5.41, 5.74) is 0. The molecule has 0 spiro atoms. The molecule has 1 heterocycles. The highest BCUT2D eigenvalue weighted by Crippen LogP contribution is 2.21. The fourth-order valence-electron chi connectivity index (χ4n) is 2.08. The summed E-state index contributed by atoms with van der Waals surface area (Å²) in [4.78, 5) is 20.1. The van der Waals surface area contributed by atoms with Gasteiger partial charge in [0.25, 0.3) is 5.23 Å². The molecule has 1 aromatic heterocycles. The molecule has 0 bridgehead atoms. The first-order chi connectivity index (χ1) is 11.5. The highest BCUT2D eigenvalue weighted by molar-refractivity contribution is 8.13. The molecule has 1 unspecified atom stereocenters. The molecule has 134 valence electrons. The van der Waals surface area contributed by atoms with Crippen LogP contribution in [0.4, 0.5) is 4.79 Å². The lowest BCUT2D eigenvalue weighted by atomic mass is 9.98. The molecule has 0 aliphatic heterocycles. The molecule has 0 fully saturated rings. The van der Waals surface area contributed by atoms with Crippen molar-refractivity contribution in [3.63, 3.8) is 0 Å². The molecule has 1 rings (SSSR count). The molecule has 0 aliphatic rings. The zero-order chi connectivity index (χ0) is 17.8. The second-order valence-electron chi connectivity index (χ2n) is 6.20. The summed E-state index contributed by atoms with van der Waals surface area (Å²) < 4.78 is 10.3. The van der Waals surface area contributed by atoms with Gasteiger partial charge in [0.15, 0.2) is 0 Å². The molecular formula is C18H28N2O3S. The van der Waals surface area contributed by atoms with E-state index < -0.39 is 6.09 Å². The number of hydrogen-bond donors (Lipinski definition) is 0. The molecule has 0 radical (unpaired) electrons. The molecule has 0 saturated heterocycles. The van der Waals surface area contributed by atoms with E-state index in [0.717, 1.165) is 17.2 Å². The SMILES string of the molecule is COC(=O)N=C(OCCC(C)CCCC(C)C)Sc1ccncc1. The van der Waals surface area contributed by atoms with Crippen LogP contribution in [0.5, 0.6) is 0 Å². The molecule has 1 atom stereocenters. The molecule has 0 N–H and O–H groups in total. The van der Waals surface area contributed by atoms with Gasteiger partial charge in [-0.3, -0.25) is 4.98 Å². The first-order valence-electron chi connectivity index (χ1n) is 8.38. The van der Waals surface area contributed by atoms with Crippen LogP contribution in [-0.4, -0.2) is 30.0 Å². The van der Waals surface area contributed by atoms with E-state index in [4.69, 9.17) is 4.74 Å². The number of aliphatic imine (C=N–C) groups is 1. The molecule has 0 saturated carbocycles. The summed E-state index contributed by atoms with van der Waals surface area (Å²) in [7, 11) is 1.30. The summed E-state index contributed by atoms with van der Waals surface area (Å²) in [5.74, 6) is 1.35. The van der Waals surface area contributed by atoms with Crippen molar-refractivity contribution in [2.24, 2.45) is 16.8 Å². The van der Waals surface area contributed by atoms with Crippen molar-refractivity contribution in [1.29, 1.82) is 0 Å². The van der Waals surface area contributed by atoms with E-state index >= 15 is 0 Å². The minimum atomic E-state index is -0.656. The zero-order valence-corrected chi connectivity index (χ0v) is 15.8. The van der Waals surface area contributed by atoms with E-state index in [0.29, 0.717) is 17.8 Å². The third-order valence-corrected chi connectivity index (χ3v) is 4.42. The first-order valence-corrected chi connectivity index (χ1v) is 9.20. The van der Waals surface area contributed by atoms with Crippen LogP contribution >= 0.6 is 11.8 Å². The van der Waals surface area contributed by atoms with Crippen LogP contribution in [0, 0.1) is 11.8 Å². The van der Waals surface area contributed by atoms with Crippen LogP contribution in [0.25, 0.3) is 0 Å². The predicted molar refractivity (Wildman–Crippen MR) is 98.4 cm³/mol. The van der Waals surface area contributed by atoms with E-state index in [2.05, 4.69) is 35.5 Å². The average Bonchev–Trinajstić information content (AvgIpc) is 2.55. The summed E-state index contributed by atoms with van der Waals surface area (Å²) in [5, 5.41) is 0.308. The van der Waals surface area contributed by atoms with Gasteiger partial charge in [-0.15, -0.1) is 4.99 Å². The number of nitrogens with zero attached hydrogens (tertiary/aromatic N) is 2. The Labute approximate surface area is 149 Å².